The molecule has 0 aliphatic carbocycles. The molecule has 0 saturated heterocycles. The van der Waals surface area contributed by atoms with E-state index in [0.29, 0.717) is 17.2 Å². The van der Waals surface area contributed by atoms with E-state index in [9.17, 15) is 14.4 Å². The molecule has 8 nitrogen and oxygen atoms in total. The molecule has 0 heterocycles. The smallest absolute Gasteiger partial charge is 0.325 e. The highest BCUT2D eigenvalue weighted by Crippen LogP contribution is 2.38. The lowest BCUT2D eigenvalue weighted by molar-refractivity contribution is -0.149. The second kappa shape index (κ2) is 9.07. The average Bonchev–Trinajstić information content (AvgIpc) is 2.61. The van der Waals surface area contributed by atoms with E-state index in [1.54, 1.807) is 20.8 Å². The summed E-state index contributed by atoms with van der Waals surface area (Å²) in [6.45, 7) is 4.50. The summed E-state index contributed by atoms with van der Waals surface area (Å²) in [6, 6.07) is 2.93. The minimum Gasteiger partial charge on any atom is -0.493 e. The first-order chi connectivity index (χ1) is 12.1. The third kappa shape index (κ3) is 5.65. The Hall–Kier alpha value is -2.77. The van der Waals surface area contributed by atoms with Gasteiger partial charge in [0, 0.05) is 11.0 Å². The zero-order valence-corrected chi connectivity index (χ0v) is 15.9. The van der Waals surface area contributed by atoms with E-state index in [-0.39, 0.29) is 24.5 Å². The van der Waals surface area contributed by atoms with Crippen molar-refractivity contribution in [3.8, 4) is 17.2 Å². The summed E-state index contributed by atoms with van der Waals surface area (Å²) in [5, 5.41) is 2.42. The van der Waals surface area contributed by atoms with Crippen molar-refractivity contribution in [3.05, 3.63) is 17.7 Å². The molecule has 0 spiro atoms. The lowest BCUT2D eigenvalue weighted by Crippen LogP contribution is -2.33. The number of carbonyl (C=O) groups is 3. The predicted octanol–water partition coefficient (Wildman–Crippen LogP) is 1.60. The van der Waals surface area contributed by atoms with Gasteiger partial charge in [0.1, 0.15) is 6.54 Å². The van der Waals surface area contributed by atoms with Crippen molar-refractivity contribution in [2.45, 2.75) is 20.8 Å². The van der Waals surface area contributed by atoms with Crippen molar-refractivity contribution in [1.29, 1.82) is 0 Å². The number of hydrogen-bond acceptors (Lipinski definition) is 7. The topological polar surface area (TPSA) is 100 Å². The Morgan fingerprint density at radius 1 is 0.962 bits per heavy atom. The fraction of sp³-hybridized carbons (Fsp3) is 0.500. The van der Waals surface area contributed by atoms with Crippen LogP contribution < -0.4 is 19.5 Å². The number of benzene rings is 1. The lowest BCUT2D eigenvalue weighted by atomic mass is 9.91. The first-order valence-electron chi connectivity index (χ1n) is 7.91. The SMILES string of the molecule is COc1cc(C(=O)NCC(=O)OCC(=O)C(C)(C)C)cc(OC)c1OC. The number of amides is 1. The average molecular weight is 367 g/mol. The minimum atomic E-state index is -0.705. The van der Waals surface area contributed by atoms with Gasteiger partial charge in [-0.25, -0.2) is 0 Å². The van der Waals surface area contributed by atoms with Gasteiger partial charge in [-0.15, -0.1) is 0 Å². The Balaban J connectivity index is 2.71. The Kier molecular flexibility index (Phi) is 7.42. The molecule has 26 heavy (non-hydrogen) atoms. The summed E-state index contributed by atoms with van der Waals surface area (Å²) >= 11 is 0. The van der Waals surface area contributed by atoms with Crippen LogP contribution in [0.5, 0.6) is 17.2 Å². The molecule has 0 unspecified atom stereocenters. The summed E-state index contributed by atoms with van der Waals surface area (Å²) < 4.78 is 20.4. The lowest BCUT2D eigenvalue weighted by Gasteiger charge is -2.16. The summed E-state index contributed by atoms with van der Waals surface area (Å²) in [5.41, 5.74) is -0.377. The van der Waals surface area contributed by atoms with E-state index in [1.807, 2.05) is 0 Å². The van der Waals surface area contributed by atoms with Crippen LogP contribution in [0.3, 0.4) is 0 Å². The van der Waals surface area contributed by atoms with Crippen LogP contribution in [0.15, 0.2) is 12.1 Å². The normalized spacial score (nSPS) is 10.7. The van der Waals surface area contributed by atoms with Gasteiger partial charge in [0.15, 0.2) is 23.9 Å². The molecule has 1 rings (SSSR count). The maximum atomic E-state index is 12.2. The highest BCUT2D eigenvalue weighted by Gasteiger charge is 2.23. The molecule has 0 bridgehead atoms. The van der Waals surface area contributed by atoms with Gasteiger partial charge in [-0.3, -0.25) is 14.4 Å². The number of ether oxygens (including phenoxy) is 4. The van der Waals surface area contributed by atoms with Crippen LogP contribution in [0.1, 0.15) is 31.1 Å². The zero-order chi connectivity index (χ0) is 19.9. The molecule has 0 aromatic heterocycles. The van der Waals surface area contributed by atoms with Crippen LogP contribution in [-0.2, 0) is 14.3 Å². The van der Waals surface area contributed by atoms with Crippen LogP contribution in [0.2, 0.25) is 0 Å². The molecule has 1 N–H and O–H groups in total. The van der Waals surface area contributed by atoms with Crippen molar-refractivity contribution < 1.29 is 33.3 Å². The second-order valence-electron chi connectivity index (χ2n) is 6.43. The number of rotatable bonds is 8. The summed E-state index contributed by atoms with van der Waals surface area (Å²) in [4.78, 5) is 35.7. The van der Waals surface area contributed by atoms with Gasteiger partial charge in [0.2, 0.25) is 5.75 Å². The molecule has 0 aliphatic rings. The third-order valence-corrected chi connectivity index (χ3v) is 3.52. The molecule has 1 aromatic rings. The molecule has 0 saturated carbocycles. The Morgan fingerprint density at radius 2 is 1.50 bits per heavy atom. The number of esters is 1. The van der Waals surface area contributed by atoms with E-state index in [2.05, 4.69) is 5.32 Å². The van der Waals surface area contributed by atoms with Crippen molar-refractivity contribution in [2.75, 3.05) is 34.5 Å². The first-order valence-corrected chi connectivity index (χ1v) is 7.91. The largest absolute Gasteiger partial charge is 0.493 e. The van der Waals surface area contributed by atoms with E-state index < -0.39 is 17.3 Å². The molecule has 144 valence electrons. The molecule has 0 aliphatic heterocycles. The quantitative estimate of drug-likeness (QED) is 0.697. The van der Waals surface area contributed by atoms with Gasteiger partial charge in [0.05, 0.1) is 21.3 Å². The van der Waals surface area contributed by atoms with E-state index in [0.717, 1.165) is 0 Å². The predicted molar refractivity (Wildman–Crippen MR) is 93.9 cm³/mol. The van der Waals surface area contributed by atoms with Crippen LogP contribution in [-0.4, -0.2) is 52.1 Å². The van der Waals surface area contributed by atoms with Gasteiger partial charge in [-0.1, -0.05) is 20.8 Å². The monoisotopic (exact) mass is 367 g/mol. The fourth-order valence-electron chi connectivity index (χ4n) is 1.88. The van der Waals surface area contributed by atoms with E-state index >= 15 is 0 Å². The van der Waals surface area contributed by atoms with Gasteiger partial charge in [-0.2, -0.15) is 0 Å². The summed E-state index contributed by atoms with van der Waals surface area (Å²) in [6.07, 6.45) is 0. The van der Waals surface area contributed by atoms with Crippen molar-refractivity contribution in [1.82, 2.24) is 5.32 Å². The third-order valence-electron chi connectivity index (χ3n) is 3.52. The number of carbonyl (C=O) groups excluding carboxylic acids is 3. The van der Waals surface area contributed by atoms with Gasteiger partial charge >= 0.3 is 5.97 Å². The number of methoxy groups -OCH3 is 3. The Bertz CT molecular complexity index is 652. The highest BCUT2D eigenvalue weighted by molar-refractivity contribution is 5.97. The molecule has 8 heteroatoms. The minimum absolute atomic E-state index is 0.207. The van der Waals surface area contributed by atoms with Crippen LogP contribution in [0, 0.1) is 5.41 Å². The van der Waals surface area contributed by atoms with Crippen LogP contribution >= 0.6 is 0 Å². The standard InChI is InChI=1S/C18H25NO7/c1-18(2,3)14(20)10-26-15(21)9-19-17(22)11-7-12(23-4)16(25-6)13(8-11)24-5/h7-8H,9-10H2,1-6H3,(H,19,22). The van der Waals surface area contributed by atoms with Gasteiger partial charge in [0.25, 0.3) is 5.91 Å². The van der Waals surface area contributed by atoms with Crippen molar-refractivity contribution in [3.63, 3.8) is 0 Å². The number of Topliss-reactive ketones (excluding diaryl/α,β-unsaturated/α-hetero) is 1. The zero-order valence-electron chi connectivity index (χ0n) is 15.9. The van der Waals surface area contributed by atoms with Crippen LogP contribution in [0.25, 0.3) is 0 Å². The Morgan fingerprint density at radius 3 is 1.92 bits per heavy atom. The molecule has 0 atom stereocenters. The van der Waals surface area contributed by atoms with Crippen molar-refractivity contribution >= 4 is 17.7 Å². The van der Waals surface area contributed by atoms with E-state index in [1.165, 1.54) is 33.5 Å². The number of nitrogens with one attached hydrogen (secondary N) is 1. The molecular formula is C18H25NO7. The highest BCUT2D eigenvalue weighted by atomic mass is 16.5. The molecule has 0 fully saturated rings. The fourth-order valence-corrected chi connectivity index (χ4v) is 1.88. The van der Waals surface area contributed by atoms with E-state index in [4.69, 9.17) is 18.9 Å². The number of hydrogen-bond donors (Lipinski definition) is 1. The maximum Gasteiger partial charge on any atom is 0.325 e. The molecule has 0 radical (unpaired) electrons. The van der Waals surface area contributed by atoms with Crippen molar-refractivity contribution in [2.24, 2.45) is 5.41 Å². The summed E-state index contributed by atoms with van der Waals surface area (Å²) in [5.74, 6) is -0.453. The molecular weight excluding hydrogens is 342 g/mol. The molecule has 1 aromatic carbocycles. The van der Waals surface area contributed by atoms with Crippen LogP contribution in [0.4, 0.5) is 0 Å². The molecule has 1 amide bonds. The maximum absolute atomic E-state index is 12.2. The van der Waals surface area contributed by atoms with Gasteiger partial charge < -0.3 is 24.3 Å². The first kappa shape index (κ1) is 21.3. The van der Waals surface area contributed by atoms with Gasteiger partial charge in [-0.05, 0) is 12.1 Å². The Labute approximate surface area is 152 Å². The summed E-state index contributed by atoms with van der Waals surface area (Å²) in [7, 11) is 4.32. The second-order valence-corrected chi connectivity index (χ2v) is 6.43. The number of ketones is 1.